The van der Waals surface area contributed by atoms with Crippen LogP contribution in [0.5, 0.6) is 0 Å². The van der Waals surface area contributed by atoms with Crippen molar-refractivity contribution in [2.45, 2.75) is 6.54 Å². The molecule has 5 heteroatoms. The lowest BCUT2D eigenvalue weighted by Gasteiger charge is -2.01. The summed E-state index contributed by atoms with van der Waals surface area (Å²) in [6.45, 7) is 0.496. The summed E-state index contributed by atoms with van der Waals surface area (Å²) < 4.78 is 5.01. The minimum absolute atomic E-state index is 0.496. The predicted octanol–water partition coefficient (Wildman–Crippen LogP) is 1.27. The molecule has 72 valence electrons. The lowest BCUT2D eigenvalue weighted by atomic mass is 10.3. The van der Waals surface area contributed by atoms with E-state index in [0.29, 0.717) is 18.2 Å². The third-order valence-electron chi connectivity index (χ3n) is 1.74. The second kappa shape index (κ2) is 3.89. The zero-order chi connectivity index (χ0) is 9.80. The Morgan fingerprint density at radius 2 is 2.29 bits per heavy atom. The van der Waals surface area contributed by atoms with Gasteiger partial charge in [-0.1, -0.05) is 6.07 Å². The zero-order valence-electron chi connectivity index (χ0n) is 7.47. The molecule has 0 saturated carbocycles. The van der Waals surface area contributed by atoms with E-state index in [1.54, 1.807) is 12.4 Å². The van der Waals surface area contributed by atoms with Crippen molar-refractivity contribution in [1.82, 2.24) is 9.97 Å². The first-order chi connectivity index (χ1) is 6.88. The first-order valence-electron chi connectivity index (χ1n) is 4.19. The molecule has 0 saturated heterocycles. The van der Waals surface area contributed by atoms with Crippen LogP contribution in [0.25, 0.3) is 0 Å². The molecule has 2 aromatic heterocycles. The normalized spacial score (nSPS) is 10.1. The van der Waals surface area contributed by atoms with Crippen LogP contribution in [-0.2, 0) is 6.54 Å². The zero-order valence-corrected chi connectivity index (χ0v) is 7.47. The highest BCUT2D eigenvalue weighted by molar-refractivity contribution is 5.48. The second-order valence-corrected chi connectivity index (χ2v) is 2.75. The van der Waals surface area contributed by atoms with Gasteiger partial charge >= 0.3 is 0 Å². The maximum atomic E-state index is 5.45. The quantitative estimate of drug-likeness (QED) is 0.762. The molecule has 2 aromatic rings. The van der Waals surface area contributed by atoms with E-state index in [-0.39, 0.29) is 0 Å². The maximum Gasteiger partial charge on any atom is 0.218 e. The van der Waals surface area contributed by atoms with Gasteiger partial charge in [0.2, 0.25) is 5.88 Å². The molecule has 0 fully saturated rings. The fraction of sp³-hybridized carbons (Fsp3) is 0.111. The van der Waals surface area contributed by atoms with Crippen molar-refractivity contribution in [3.8, 4) is 0 Å². The number of nitrogens with zero attached hydrogens (tertiary/aromatic N) is 2. The maximum absolute atomic E-state index is 5.45. The Kier molecular flexibility index (Phi) is 2.42. The van der Waals surface area contributed by atoms with Crippen LogP contribution < -0.4 is 11.1 Å². The van der Waals surface area contributed by atoms with E-state index in [2.05, 4.69) is 15.3 Å². The van der Waals surface area contributed by atoms with Crippen molar-refractivity contribution in [2.24, 2.45) is 5.73 Å². The average Bonchev–Trinajstić information content (AvgIpc) is 2.72. The van der Waals surface area contributed by atoms with Crippen LogP contribution in [0.1, 0.15) is 5.56 Å². The van der Waals surface area contributed by atoms with Crippen LogP contribution in [-0.4, -0.2) is 9.97 Å². The van der Waals surface area contributed by atoms with Gasteiger partial charge in [-0.15, -0.1) is 0 Å². The number of hydrogen-bond acceptors (Lipinski definition) is 5. The molecule has 0 radical (unpaired) electrons. The van der Waals surface area contributed by atoms with Crippen molar-refractivity contribution >= 4 is 11.7 Å². The van der Waals surface area contributed by atoms with Crippen LogP contribution in [0.3, 0.4) is 0 Å². The number of oxazole rings is 1. The average molecular weight is 190 g/mol. The minimum Gasteiger partial charge on any atom is -0.428 e. The molecule has 0 spiro atoms. The van der Waals surface area contributed by atoms with E-state index in [0.717, 1.165) is 5.56 Å². The van der Waals surface area contributed by atoms with Crippen molar-refractivity contribution in [1.29, 1.82) is 0 Å². The molecule has 0 aliphatic carbocycles. The van der Waals surface area contributed by atoms with Crippen molar-refractivity contribution in [3.63, 3.8) is 0 Å². The number of nitrogens with two attached hydrogens (primary N) is 1. The first-order valence-corrected chi connectivity index (χ1v) is 4.19. The van der Waals surface area contributed by atoms with Gasteiger partial charge in [-0.05, 0) is 11.6 Å². The Labute approximate surface area is 81.0 Å². The van der Waals surface area contributed by atoms with Crippen molar-refractivity contribution in [2.75, 3.05) is 5.32 Å². The molecule has 2 rings (SSSR count). The molecule has 0 unspecified atom stereocenters. The third kappa shape index (κ3) is 1.89. The lowest BCUT2D eigenvalue weighted by Crippen LogP contribution is -1.98. The molecule has 0 aromatic carbocycles. The molecule has 0 atom stereocenters. The molecule has 0 aliphatic heterocycles. The number of anilines is 2. The highest BCUT2D eigenvalue weighted by Crippen LogP contribution is 2.12. The minimum atomic E-state index is 0.496. The SMILES string of the molecule is NCc1ccc(Nc2cnco2)nc1. The molecule has 5 nitrogen and oxygen atoms in total. The van der Waals surface area contributed by atoms with Gasteiger partial charge in [-0.2, -0.15) is 0 Å². The summed E-state index contributed by atoms with van der Waals surface area (Å²) in [6, 6.07) is 3.75. The number of pyridine rings is 1. The second-order valence-electron chi connectivity index (χ2n) is 2.75. The van der Waals surface area contributed by atoms with Crippen LogP contribution >= 0.6 is 0 Å². The van der Waals surface area contributed by atoms with Gasteiger partial charge in [-0.25, -0.2) is 9.97 Å². The van der Waals surface area contributed by atoms with Gasteiger partial charge in [-0.3, -0.25) is 0 Å². The largest absolute Gasteiger partial charge is 0.428 e. The first kappa shape index (κ1) is 8.71. The van der Waals surface area contributed by atoms with Crippen LogP contribution in [0, 0.1) is 0 Å². The van der Waals surface area contributed by atoms with Gasteiger partial charge in [0.15, 0.2) is 6.39 Å². The van der Waals surface area contributed by atoms with Crippen molar-refractivity contribution < 1.29 is 4.42 Å². The van der Waals surface area contributed by atoms with Gasteiger partial charge in [0.25, 0.3) is 0 Å². The lowest BCUT2D eigenvalue weighted by molar-refractivity contribution is 0.574. The van der Waals surface area contributed by atoms with Gasteiger partial charge < -0.3 is 15.5 Å². The van der Waals surface area contributed by atoms with E-state index in [9.17, 15) is 0 Å². The Hall–Kier alpha value is -1.88. The predicted molar refractivity (Wildman–Crippen MR) is 51.9 cm³/mol. The topological polar surface area (TPSA) is 77.0 Å². The molecular weight excluding hydrogens is 180 g/mol. The molecule has 3 N–H and O–H groups in total. The molecule has 0 aliphatic rings. The monoisotopic (exact) mass is 190 g/mol. The summed E-state index contributed by atoms with van der Waals surface area (Å²) in [5.74, 6) is 1.27. The summed E-state index contributed by atoms with van der Waals surface area (Å²) in [6.07, 6.45) is 4.66. The van der Waals surface area contributed by atoms with E-state index >= 15 is 0 Å². The molecule has 14 heavy (non-hydrogen) atoms. The number of rotatable bonds is 3. The van der Waals surface area contributed by atoms with Crippen molar-refractivity contribution in [3.05, 3.63) is 36.5 Å². The number of nitrogens with one attached hydrogen (secondary N) is 1. The molecule has 0 amide bonds. The number of hydrogen-bond donors (Lipinski definition) is 2. The summed E-state index contributed by atoms with van der Waals surface area (Å²) in [7, 11) is 0. The summed E-state index contributed by atoms with van der Waals surface area (Å²) in [5, 5.41) is 2.95. The van der Waals surface area contributed by atoms with E-state index in [1.165, 1.54) is 6.39 Å². The summed E-state index contributed by atoms with van der Waals surface area (Å²) in [4.78, 5) is 7.92. The van der Waals surface area contributed by atoms with E-state index < -0.39 is 0 Å². The van der Waals surface area contributed by atoms with Gasteiger partial charge in [0, 0.05) is 12.7 Å². The van der Waals surface area contributed by atoms with E-state index in [4.69, 9.17) is 10.2 Å². The Morgan fingerprint density at radius 3 is 2.86 bits per heavy atom. The highest BCUT2D eigenvalue weighted by Gasteiger charge is 1.97. The van der Waals surface area contributed by atoms with Crippen LogP contribution in [0.15, 0.2) is 35.3 Å². The third-order valence-corrected chi connectivity index (χ3v) is 1.74. The van der Waals surface area contributed by atoms with Crippen LogP contribution in [0.4, 0.5) is 11.7 Å². The van der Waals surface area contributed by atoms with Crippen LogP contribution in [0.2, 0.25) is 0 Å². The molecule has 2 heterocycles. The summed E-state index contributed by atoms with van der Waals surface area (Å²) in [5.41, 5.74) is 6.44. The summed E-state index contributed by atoms with van der Waals surface area (Å²) >= 11 is 0. The molecular formula is C9H10N4O. The number of aromatic nitrogens is 2. The van der Waals surface area contributed by atoms with E-state index in [1.807, 2.05) is 12.1 Å². The smallest absolute Gasteiger partial charge is 0.218 e. The fourth-order valence-corrected chi connectivity index (χ4v) is 1.02. The standard InChI is InChI=1S/C9H10N4O/c10-3-7-1-2-8(12-4-7)13-9-5-11-6-14-9/h1-2,4-6H,3,10H2,(H,12,13). The Bertz CT molecular complexity index is 382. The Morgan fingerprint density at radius 1 is 1.36 bits per heavy atom. The highest BCUT2D eigenvalue weighted by atomic mass is 16.4. The van der Waals surface area contributed by atoms with Gasteiger partial charge in [0.05, 0.1) is 6.20 Å². The van der Waals surface area contributed by atoms with Gasteiger partial charge in [0.1, 0.15) is 5.82 Å². The fourth-order valence-electron chi connectivity index (χ4n) is 1.02. The Balaban J connectivity index is 2.10. The molecule has 0 bridgehead atoms.